The van der Waals surface area contributed by atoms with Crippen molar-refractivity contribution in [1.29, 1.82) is 5.26 Å². The first kappa shape index (κ1) is 40.2. The molecule has 4 rings (SSSR count). The summed E-state index contributed by atoms with van der Waals surface area (Å²) in [5.41, 5.74) is 12.4. The van der Waals surface area contributed by atoms with Gasteiger partial charge in [0.15, 0.2) is 0 Å². The minimum absolute atomic E-state index is 0.146. The maximum atomic E-state index is 9.33. The second kappa shape index (κ2) is 22.4. The van der Waals surface area contributed by atoms with E-state index in [1.165, 1.54) is 31.0 Å². The van der Waals surface area contributed by atoms with E-state index in [9.17, 15) is 5.26 Å². The Morgan fingerprint density at radius 3 is 2.19 bits per heavy atom. The average molecular weight is 729 g/mol. The molecule has 0 fully saturated rings. The van der Waals surface area contributed by atoms with Gasteiger partial charge in [0, 0.05) is 31.0 Å². The van der Waals surface area contributed by atoms with Crippen LogP contribution in [0.15, 0.2) is 192 Å². The van der Waals surface area contributed by atoms with Crippen molar-refractivity contribution in [3.05, 3.63) is 215 Å². The molecule has 3 aromatic carbocycles. The Morgan fingerprint density at radius 2 is 1.43 bits per heavy atom. The van der Waals surface area contributed by atoms with Crippen molar-refractivity contribution < 1.29 is 0 Å². The number of hydrogen-bond acceptors (Lipinski definition) is 4. The molecule has 0 bridgehead atoms. The van der Waals surface area contributed by atoms with Crippen molar-refractivity contribution in [2.24, 2.45) is 5.73 Å². The molecule has 2 N–H and O–H groups in total. The van der Waals surface area contributed by atoms with Crippen LogP contribution in [0.4, 0.5) is 0 Å². The van der Waals surface area contributed by atoms with Gasteiger partial charge >= 0.3 is 0 Å². The fourth-order valence-corrected chi connectivity index (χ4v) is 7.32. The zero-order chi connectivity index (χ0) is 37.7. The number of fused-ring (bicyclic) bond motifs is 1. The highest BCUT2D eigenvalue weighted by Gasteiger charge is 2.07. The van der Waals surface area contributed by atoms with Crippen LogP contribution in [0.2, 0.25) is 0 Å². The monoisotopic (exact) mass is 728 g/mol. The van der Waals surface area contributed by atoms with Gasteiger partial charge < -0.3 is 5.73 Å². The molecule has 0 radical (unpaired) electrons. The van der Waals surface area contributed by atoms with Crippen LogP contribution in [-0.2, 0) is 0 Å². The summed E-state index contributed by atoms with van der Waals surface area (Å²) < 4.78 is 1.22. The van der Waals surface area contributed by atoms with Crippen LogP contribution in [0, 0.1) is 25.2 Å². The van der Waals surface area contributed by atoms with Gasteiger partial charge in [0.05, 0.1) is 11.6 Å². The van der Waals surface area contributed by atoms with E-state index in [1.54, 1.807) is 35.2 Å². The lowest BCUT2D eigenvalue weighted by atomic mass is 9.96. The number of allylic oxidation sites excluding steroid dienone is 8. The summed E-state index contributed by atoms with van der Waals surface area (Å²) in [6, 6.07) is 47.8. The maximum Gasteiger partial charge on any atom is 0.0991 e. The second-order valence-corrected chi connectivity index (χ2v) is 14.5. The lowest BCUT2D eigenvalue weighted by molar-refractivity contribution is 1.08. The van der Waals surface area contributed by atoms with Gasteiger partial charge in [-0.1, -0.05) is 164 Å². The predicted molar refractivity (Wildman–Crippen MR) is 233 cm³/mol. The molecule has 2 nitrogen and oxygen atoms in total. The molecule has 0 saturated carbocycles. The summed E-state index contributed by atoms with van der Waals surface area (Å²) in [5, 5.41) is 10.5. The molecule has 0 amide bonds. The molecule has 0 aliphatic heterocycles. The number of benzene rings is 2. The van der Waals surface area contributed by atoms with E-state index in [0.717, 1.165) is 22.4 Å². The number of aryl methyl sites for hydroxylation is 2. The van der Waals surface area contributed by atoms with Gasteiger partial charge in [-0.05, 0) is 97.3 Å². The second-order valence-electron chi connectivity index (χ2n) is 12.1. The zero-order valence-electron chi connectivity index (χ0n) is 31.0. The van der Waals surface area contributed by atoms with Crippen molar-refractivity contribution in [1.82, 2.24) is 0 Å². The lowest BCUT2D eigenvalue weighted by Gasteiger charge is -2.10. The zero-order valence-corrected chi connectivity index (χ0v) is 32.7. The van der Waals surface area contributed by atoms with Crippen molar-refractivity contribution in [3.63, 3.8) is 0 Å². The minimum Gasteiger partial charge on any atom is -0.398 e. The molecule has 0 aliphatic carbocycles. The van der Waals surface area contributed by atoms with Gasteiger partial charge in [0.2, 0.25) is 0 Å². The minimum atomic E-state index is -0.146. The summed E-state index contributed by atoms with van der Waals surface area (Å²) >= 11 is 3.55. The number of rotatable bonds is 10. The van der Waals surface area contributed by atoms with E-state index in [1.807, 2.05) is 24.3 Å². The third-order valence-electron chi connectivity index (χ3n) is 8.13. The molecule has 1 unspecified atom stereocenters. The molecule has 1 atom stereocenters. The first-order chi connectivity index (χ1) is 25.9. The predicted octanol–water partition coefficient (Wildman–Crippen LogP) is 14.1. The topological polar surface area (TPSA) is 49.8 Å². The van der Waals surface area contributed by atoms with Crippen molar-refractivity contribution >= 4 is 45.0 Å². The summed E-state index contributed by atoms with van der Waals surface area (Å²) in [6.45, 7) is 8.51. The molecule has 266 valence electrons. The van der Waals surface area contributed by atoms with E-state index in [2.05, 4.69) is 185 Å². The summed E-state index contributed by atoms with van der Waals surface area (Å²) in [6.07, 6.45) is 19.9. The quantitative estimate of drug-likeness (QED) is 0.165. The van der Waals surface area contributed by atoms with Crippen molar-refractivity contribution in [2.45, 2.75) is 49.8 Å². The van der Waals surface area contributed by atoms with Crippen LogP contribution in [0.1, 0.15) is 58.9 Å². The number of thiophene rings is 1. The molecule has 4 aromatic rings. The molecular weight excluding hydrogens is 681 g/mol. The Labute approximate surface area is 325 Å². The third-order valence-corrected chi connectivity index (χ3v) is 10.4. The Kier molecular flexibility index (Phi) is 16.9. The highest BCUT2D eigenvalue weighted by Crippen LogP contribution is 2.31. The molecule has 0 saturated heterocycles. The maximum absolute atomic E-state index is 9.33. The van der Waals surface area contributed by atoms with Crippen LogP contribution in [-0.4, -0.2) is 0 Å². The van der Waals surface area contributed by atoms with E-state index >= 15 is 0 Å². The molecule has 4 heteroatoms. The van der Waals surface area contributed by atoms with Crippen LogP contribution in [0.3, 0.4) is 0 Å². The summed E-state index contributed by atoms with van der Waals surface area (Å²) in [7, 11) is 0. The van der Waals surface area contributed by atoms with Gasteiger partial charge in [-0.25, -0.2) is 0 Å². The van der Waals surface area contributed by atoms with Crippen LogP contribution < -0.4 is 5.73 Å². The van der Waals surface area contributed by atoms with E-state index in [0.29, 0.717) is 11.3 Å². The smallest absolute Gasteiger partial charge is 0.0991 e. The van der Waals surface area contributed by atoms with Crippen molar-refractivity contribution in [2.75, 3.05) is 0 Å². The third kappa shape index (κ3) is 13.2. The van der Waals surface area contributed by atoms with Crippen molar-refractivity contribution in [3.8, 4) is 6.07 Å². The Hall–Kier alpha value is -5.60. The van der Waals surface area contributed by atoms with E-state index < -0.39 is 0 Å². The first-order valence-electron chi connectivity index (χ1n) is 17.9. The lowest BCUT2D eigenvalue weighted by Crippen LogP contribution is -2.00. The Bertz CT molecular complexity index is 2210. The number of hydrogen-bond donors (Lipinski definition) is 1. The fourth-order valence-electron chi connectivity index (χ4n) is 5.34. The Balaban J connectivity index is 1.98. The number of nitrogens with zero attached hydrogens (tertiary/aromatic N) is 1. The molecular formula is C49H48N2S2. The highest BCUT2D eigenvalue weighted by atomic mass is 32.2. The number of nitrogens with two attached hydrogens (primary N) is 1. The standard InChI is InChI=1S/C49H48N2S2/c1-5-7-8-9-11-14-25-43(36-47(51)42-34-32-40(37-50)33-35-42)41-24-18-19-29-46-45(22-6-2)39(4)52-49(46)31-16-13-10-12-15-27-44(28-21-26-41)53-48-30-20-17-23-38(48)3/h6-36,43H,5,51H2,1-4H3/b8-7-,11-9-,12-10?,13-10?,15-12?,16-13?,19-18?,22-6-,24-18?,25-14+,26-21?,27-15?,28-21?,29-19?,31-16?,41-24?,41-26?,44-27?,44-28?,46-29?,47-36-,49-31?. The molecule has 0 aliphatic rings. The average Bonchev–Trinajstić information content (AvgIpc) is 3.46. The van der Waals surface area contributed by atoms with Gasteiger partial charge in [-0.2, -0.15) is 5.26 Å². The number of nitriles is 1. The normalized spacial score (nSPS) is 12.1. The molecule has 0 spiro atoms. The molecule has 1 heterocycles. The first-order valence-corrected chi connectivity index (χ1v) is 19.5. The van der Waals surface area contributed by atoms with Crippen LogP contribution in [0.25, 0.3) is 21.9 Å². The van der Waals surface area contributed by atoms with Gasteiger partial charge in [-0.15, -0.1) is 11.3 Å². The highest BCUT2D eigenvalue weighted by molar-refractivity contribution is 7.99. The van der Waals surface area contributed by atoms with Crippen LogP contribution >= 0.6 is 23.1 Å². The van der Waals surface area contributed by atoms with Gasteiger partial charge in [-0.3, -0.25) is 0 Å². The largest absolute Gasteiger partial charge is 0.398 e. The molecule has 53 heavy (non-hydrogen) atoms. The molecule has 1 aromatic heterocycles. The van der Waals surface area contributed by atoms with Gasteiger partial charge in [0.25, 0.3) is 0 Å². The Morgan fingerprint density at radius 1 is 0.774 bits per heavy atom. The summed E-state index contributed by atoms with van der Waals surface area (Å²) in [5.74, 6) is -0.146. The fraction of sp³-hybridized carbons (Fsp3) is 0.122. The van der Waals surface area contributed by atoms with E-state index in [-0.39, 0.29) is 5.92 Å². The summed E-state index contributed by atoms with van der Waals surface area (Å²) in [4.78, 5) is 3.61. The SMILES string of the molecule is C/C=C\c1c(C)sc2cccccccc(Sc3ccccc3C)cccc(C(/C=C(\N)c3ccc(C#N)cc3)/C=C/C=C\C=C/CC)ccccc12. The van der Waals surface area contributed by atoms with Crippen LogP contribution in [0.5, 0.6) is 0 Å². The van der Waals surface area contributed by atoms with E-state index in [4.69, 9.17) is 5.73 Å². The van der Waals surface area contributed by atoms with Gasteiger partial charge in [0.1, 0.15) is 0 Å².